The first-order valence-corrected chi connectivity index (χ1v) is 8.85. The second-order valence-corrected chi connectivity index (χ2v) is 7.35. The molecule has 1 fully saturated rings. The molecule has 0 heterocycles. The van der Waals surface area contributed by atoms with Crippen LogP contribution in [-0.2, 0) is 10.8 Å². The van der Waals surface area contributed by atoms with E-state index in [1.807, 2.05) is 0 Å². The summed E-state index contributed by atoms with van der Waals surface area (Å²) in [4.78, 5) is 0. The van der Waals surface area contributed by atoms with Crippen LogP contribution in [0.4, 0.5) is 0 Å². The summed E-state index contributed by atoms with van der Waals surface area (Å²) >= 11 is 0. The van der Waals surface area contributed by atoms with E-state index in [9.17, 15) is 4.21 Å². The zero-order chi connectivity index (χ0) is 12.7. The molecule has 2 nitrogen and oxygen atoms in total. The van der Waals surface area contributed by atoms with Crippen molar-refractivity contribution in [1.82, 2.24) is 5.32 Å². The van der Waals surface area contributed by atoms with Crippen LogP contribution in [0.2, 0.25) is 0 Å². The van der Waals surface area contributed by atoms with Gasteiger partial charge in [0, 0.05) is 28.9 Å². The summed E-state index contributed by atoms with van der Waals surface area (Å²) in [5.74, 6) is 2.62. The van der Waals surface area contributed by atoms with Gasteiger partial charge < -0.3 is 5.32 Å². The Morgan fingerprint density at radius 3 is 2.65 bits per heavy atom. The van der Waals surface area contributed by atoms with E-state index in [0.29, 0.717) is 6.04 Å². The highest BCUT2D eigenvalue weighted by Crippen LogP contribution is 2.28. The SMILES string of the molecule is CC(C)C1CCCC(NCCCS(C)=O)CC1. The Balaban J connectivity index is 2.16. The molecule has 3 heteroatoms. The monoisotopic (exact) mass is 259 g/mol. The van der Waals surface area contributed by atoms with Crippen molar-refractivity contribution in [3.63, 3.8) is 0 Å². The van der Waals surface area contributed by atoms with Gasteiger partial charge in [-0.2, -0.15) is 0 Å². The van der Waals surface area contributed by atoms with Gasteiger partial charge in [0.2, 0.25) is 0 Å². The number of rotatable bonds is 6. The minimum Gasteiger partial charge on any atom is -0.314 e. The third kappa shape index (κ3) is 6.56. The van der Waals surface area contributed by atoms with Crippen LogP contribution in [0, 0.1) is 11.8 Å². The standard InChI is InChI=1S/C14H29NOS/c1-12(2)13-6-4-7-14(9-8-13)15-10-5-11-17(3)16/h12-15H,4-11H2,1-3H3. The molecule has 3 atom stereocenters. The van der Waals surface area contributed by atoms with E-state index in [2.05, 4.69) is 19.2 Å². The maximum absolute atomic E-state index is 11.0. The molecule has 3 unspecified atom stereocenters. The lowest BCUT2D eigenvalue weighted by Crippen LogP contribution is -2.30. The minimum absolute atomic E-state index is 0.627. The Kier molecular flexibility index (Phi) is 7.36. The molecule has 1 rings (SSSR count). The first-order chi connectivity index (χ1) is 8.09. The molecule has 0 radical (unpaired) electrons. The van der Waals surface area contributed by atoms with Crippen LogP contribution >= 0.6 is 0 Å². The van der Waals surface area contributed by atoms with Crippen LogP contribution < -0.4 is 5.32 Å². The van der Waals surface area contributed by atoms with Crippen molar-refractivity contribution in [2.45, 2.75) is 58.4 Å². The Morgan fingerprint density at radius 2 is 2.00 bits per heavy atom. The highest BCUT2D eigenvalue weighted by atomic mass is 32.2. The molecule has 0 aromatic carbocycles. The molecule has 0 aliphatic heterocycles. The molecule has 0 aromatic rings. The second kappa shape index (κ2) is 8.25. The highest BCUT2D eigenvalue weighted by Gasteiger charge is 2.20. The number of hydrogen-bond donors (Lipinski definition) is 1. The van der Waals surface area contributed by atoms with Crippen molar-refractivity contribution in [1.29, 1.82) is 0 Å². The van der Waals surface area contributed by atoms with Gasteiger partial charge >= 0.3 is 0 Å². The molecule has 0 amide bonds. The average Bonchev–Trinajstić information content (AvgIpc) is 2.49. The summed E-state index contributed by atoms with van der Waals surface area (Å²) in [6.45, 7) is 5.75. The molecule has 1 aliphatic rings. The minimum atomic E-state index is -0.627. The van der Waals surface area contributed by atoms with E-state index in [4.69, 9.17) is 0 Å². The molecule has 0 bridgehead atoms. The fraction of sp³-hybridized carbons (Fsp3) is 1.00. The quantitative estimate of drug-likeness (QED) is 0.587. The Bertz CT molecular complexity index is 230. The fourth-order valence-electron chi connectivity index (χ4n) is 2.78. The molecule has 1 aliphatic carbocycles. The zero-order valence-corrected chi connectivity index (χ0v) is 12.5. The fourth-order valence-corrected chi connectivity index (χ4v) is 3.33. The van der Waals surface area contributed by atoms with E-state index < -0.39 is 10.8 Å². The molecule has 1 saturated carbocycles. The van der Waals surface area contributed by atoms with Crippen LogP contribution in [0.5, 0.6) is 0 Å². The number of hydrogen-bond acceptors (Lipinski definition) is 2. The van der Waals surface area contributed by atoms with Gasteiger partial charge in [-0.25, -0.2) is 0 Å². The van der Waals surface area contributed by atoms with Crippen molar-refractivity contribution in [2.75, 3.05) is 18.6 Å². The smallest absolute Gasteiger partial charge is 0.0244 e. The van der Waals surface area contributed by atoms with E-state index >= 15 is 0 Å². The first-order valence-electron chi connectivity index (χ1n) is 7.13. The molecule has 0 saturated heterocycles. The molecule has 1 N–H and O–H groups in total. The average molecular weight is 259 g/mol. The lowest BCUT2D eigenvalue weighted by atomic mass is 9.89. The Hall–Kier alpha value is 0.110. The zero-order valence-electron chi connectivity index (χ0n) is 11.7. The van der Waals surface area contributed by atoms with Gasteiger partial charge in [-0.1, -0.05) is 26.7 Å². The predicted octanol–water partition coefficient (Wildman–Crippen LogP) is 2.95. The van der Waals surface area contributed by atoms with Crippen LogP contribution in [0.1, 0.15) is 52.4 Å². The van der Waals surface area contributed by atoms with E-state index in [1.165, 1.54) is 32.1 Å². The van der Waals surface area contributed by atoms with Crippen LogP contribution in [0.15, 0.2) is 0 Å². The van der Waals surface area contributed by atoms with E-state index in [1.54, 1.807) is 6.26 Å². The second-order valence-electron chi connectivity index (χ2n) is 5.79. The van der Waals surface area contributed by atoms with Gasteiger partial charge in [-0.15, -0.1) is 0 Å². The van der Waals surface area contributed by atoms with Crippen LogP contribution in [0.3, 0.4) is 0 Å². The maximum Gasteiger partial charge on any atom is 0.0244 e. The first kappa shape index (κ1) is 15.2. The largest absolute Gasteiger partial charge is 0.314 e. The topological polar surface area (TPSA) is 29.1 Å². The number of nitrogens with one attached hydrogen (secondary N) is 1. The predicted molar refractivity (Wildman–Crippen MR) is 76.8 cm³/mol. The van der Waals surface area contributed by atoms with Gasteiger partial charge in [0.05, 0.1) is 0 Å². The van der Waals surface area contributed by atoms with Crippen molar-refractivity contribution < 1.29 is 4.21 Å². The van der Waals surface area contributed by atoms with Crippen LogP contribution in [0.25, 0.3) is 0 Å². The van der Waals surface area contributed by atoms with Gasteiger partial charge in [0.25, 0.3) is 0 Å². The van der Waals surface area contributed by atoms with Gasteiger partial charge in [-0.05, 0) is 44.1 Å². The molecular formula is C14H29NOS. The lowest BCUT2D eigenvalue weighted by molar-refractivity contribution is 0.338. The van der Waals surface area contributed by atoms with Crippen molar-refractivity contribution in [3.05, 3.63) is 0 Å². The van der Waals surface area contributed by atoms with Crippen LogP contribution in [-0.4, -0.2) is 28.8 Å². The van der Waals surface area contributed by atoms with Crippen molar-refractivity contribution in [2.24, 2.45) is 11.8 Å². The summed E-state index contributed by atoms with van der Waals surface area (Å²) in [6, 6.07) is 0.712. The highest BCUT2D eigenvalue weighted by molar-refractivity contribution is 7.84. The Labute approximate surface area is 109 Å². The molecule has 102 valence electrons. The summed E-state index contributed by atoms with van der Waals surface area (Å²) in [7, 11) is -0.627. The Morgan fingerprint density at radius 1 is 1.24 bits per heavy atom. The molecule has 0 spiro atoms. The molecular weight excluding hydrogens is 230 g/mol. The summed E-state index contributed by atoms with van der Waals surface area (Å²) in [5.41, 5.74) is 0. The van der Waals surface area contributed by atoms with Gasteiger partial charge in [0.1, 0.15) is 0 Å². The van der Waals surface area contributed by atoms with Gasteiger partial charge in [0.15, 0.2) is 0 Å². The third-order valence-corrected chi connectivity index (χ3v) is 4.86. The molecule has 0 aromatic heterocycles. The lowest BCUT2D eigenvalue weighted by Gasteiger charge is -2.19. The van der Waals surface area contributed by atoms with Gasteiger partial charge in [-0.3, -0.25) is 4.21 Å². The van der Waals surface area contributed by atoms with Crippen molar-refractivity contribution >= 4 is 10.8 Å². The molecule has 17 heavy (non-hydrogen) atoms. The normalized spacial score (nSPS) is 28.0. The van der Waals surface area contributed by atoms with E-state index in [-0.39, 0.29) is 0 Å². The maximum atomic E-state index is 11.0. The summed E-state index contributed by atoms with van der Waals surface area (Å²) < 4.78 is 11.0. The van der Waals surface area contributed by atoms with Crippen molar-refractivity contribution in [3.8, 4) is 0 Å². The third-order valence-electron chi connectivity index (χ3n) is 4.00. The summed E-state index contributed by atoms with van der Waals surface area (Å²) in [6.07, 6.45) is 9.67. The summed E-state index contributed by atoms with van der Waals surface area (Å²) in [5, 5.41) is 3.64. The van der Waals surface area contributed by atoms with E-state index in [0.717, 1.165) is 30.6 Å².